The first-order chi connectivity index (χ1) is 16.2. The highest BCUT2D eigenvalue weighted by atomic mass is 32.1. The molecule has 2 aromatic carbocycles. The molecule has 5 aromatic rings. The van der Waals surface area contributed by atoms with Crippen LogP contribution in [0.2, 0.25) is 0 Å². The summed E-state index contributed by atoms with van der Waals surface area (Å²) in [5, 5.41) is 33.7. The van der Waals surface area contributed by atoms with Gasteiger partial charge in [-0.2, -0.15) is 5.10 Å². The zero-order valence-electron chi connectivity index (χ0n) is 17.4. The molecule has 0 fully saturated rings. The molecule has 0 amide bonds. The highest BCUT2D eigenvalue weighted by Gasteiger charge is 2.22. The lowest BCUT2D eigenvalue weighted by Crippen LogP contribution is -2.28. The maximum Gasteiger partial charge on any atom is 0.159 e. The van der Waals surface area contributed by atoms with Crippen LogP contribution in [0.5, 0.6) is 0 Å². The van der Waals surface area contributed by atoms with Crippen molar-refractivity contribution >= 4 is 38.7 Å². The molecule has 0 spiro atoms. The molecule has 5 N–H and O–H groups in total. The first kappa shape index (κ1) is 21.0. The fourth-order valence-corrected chi connectivity index (χ4v) is 4.30. The van der Waals surface area contributed by atoms with Crippen molar-refractivity contribution in [3.8, 4) is 11.4 Å². The third-order valence-corrected chi connectivity index (χ3v) is 6.01. The van der Waals surface area contributed by atoms with E-state index < -0.39 is 18.8 Å². The Hall–Kier alpha value is -3.86. The predicted molar refractivity (Wildman–Crippen MR) is 128 cm³/mol. The Morgan fingerprint density at radius 3 is 2.70 bits per heavy atom. The number of aromatic nitrogens is 5. The minimum absolute atomic E-state index is 0.394. The number of hydrogen-bond acceptors (Lipinski definition) is 9. The van der Waals surface area contributed by atoms with Crippen LogP contribution in [0, 0.1) is 0 Å². The van der Waals surface area contributed by atoms with Gasteiger partial charge in [-0.1, -0.05) is 30.3 Å². The number of aliphatic hydroxyl groups excluding tert-OH is 2. The number of aromatic amines is 1. The SMILES string of the molecule is OC[C@@H](O)[C@@H](Nc1cc(Nc2ccc3ncsc3c2)ncc1-c1ncn[nH]1)c1ccccc1. The van der Waals surface area contributed by atoms with Crippen molar-refractivity contribution in [2.45, 2.75) is 12.1 Å². The number of pyridine rings is 1. The molecular formula is C23H21N7O2S. The summed E-state index contributed by atoms with van der Waals surface area (Å²) in [4.78, 5) is 13.1. The summed E-state index contributed by atoms with van der Waals surface area (Å²) >= 11 is 1.57. The van der Waals surface area contributed by atoms with Crippen LogP contribution in [0.3, 0.4) is 0 Å². The summed E-state index contributed by atoms with van der Waals surface area (Å²) in [6, 6.07) is 16.7. The van der Waals surface area contributed by atoms with Crippen molar-refractivity contribution in [2.24, 2.45) is 0 Å². The molecule has 33 heavy (non-hydrogen) atoms. The molecule has 166 valence electrons. The van der Waals surface area contributed by atoms with E-state index in [0.717, 1.165) is 21.5 Å². The summed E-state index contributed by atoms with van der Waals surface area (Å²) in [7, 11) is 0. The average molecular weight is 460 g/mol. The van der Waals surface area contributed by atoms with Gasteiger partial charge in [0.05, 0.1) is 39.6 Å². The number of thiazole rings is 1. The van der Waals surface area contributed by atoms with E-state index in [9.17, 15) is 10.2 Å². The summed E-state index contributed by atoms with van der Waals surface area (Å²) in [6.07, 6.45) is 2.09. The monoisotopic (exact) mass is 459 g/mol. The van der Waals surface area contributed by atoms with Gasteiger partial charge in [0, 0.05) is 18.0 Å². The molecule has 0 unspecified atom stereocenters. The van der Waals surface area contributed by atoms with Crippen LogP contribution >= 0.6 is 11.3 Å². The van der Waals surface area contributed by atoms with Crippen molar-refractivity contribution in [1.82, 2.24) is 25.1 Å². The fraction of sp³-hybridized carbons (Fsp3) is 0.130. The Kier molecular flexibility index (Phi) is 5.94. The van der Waals surface area contributed by atoms with Crippen LogP contribution in [0.4, 0.5) is 17.2 Å². The first-order valence-electron chi connectivity index (χ1n) is 10.3. The van der Waals surface area contributed by atoms with E-state index in [0.29, 0.717) is 22.9 Å². The van der Waals surface area contributed by atoms with Gasteiger partial charge in [0.15, 0.2) is 5.82 Å². The summed E-state index contributed by atoms with van der Waals surface area (Å²) in [6.45, 7) is -0.394. The van der Waals surface area contributed by atoms with Crippen LogP contribution in [0.15, 0.2) is 72.6 Å². The van der Waals surface area contributed by atoms with Crippen LogP contribution in [-0.4, -0.2) is 48.1 Å². The van der Waals surface area contributed by atoms with Crippen LogP contribution in [-0.2, 0) is 0 Å². The summed E-state index contributed by atoms with van der Waals surface area (Å²) in [5.74, 6) is 1.14. The summed E-state index contributed by atoms with van der Waals surface area (Å²) in [5.41, 5.74) is 5.84. The second-order valence-electron chi connectivity index (χ2n) is 7.39. The first-order valence-corrected chi connectivity index (χ1v) is 11.2. The molecule has 3 heterocycles. The molecule has 0 aliphatic rings. The zero-order chi connectivity index (χ0) is 22.6. The number of nitrogens with zero attached hydrogens (tertiary/aromatic N) is 4. The normalized spacial score (nSPS) is 13.0. The van der Waals surface area contributed by atoms with E-state index in [1.54, 1.807) is 17.5 Å². The highest BCUT2D eigenvalue weighted by Crippen LogP contribution is 2.32. The van der Waals surface area contributed by atoms with Crippen molar-refractivity contribution in [3.63, 3.8) is 0 Å². The van der Waals surface area contributed by atoms with E-state index in [-0.39, 0.29) is 0 Å². The van der Waals surface area contributed by atoms with Gasteiger partial charge in [0.2, 0.25) is 0 Å². The van der Waals surface area contributed by atoms with Crippen LogP contribution < -0.4 is 10.6 Å². The van der Waals surface area contributed by atoms with Crippen LogP contribution in [0.1, 0.15) is 11.6 Å². The third kappa shape index (κ3) is 4.53. The molecule has 5 rings (SSSR count). The Morgan fingerprint density at radius 1 is 1.03 bits per heavy atom. The average Bonchev–Trinajstić information content (AvgIpc) is 3.55. The maximum absolute atomic E-state index is 10.6. The van der Waals surface area contributed by atoms with Crippen molar-refractivity contribution in [3.05, 3.63) is 78.2 Å². The molecule has 2 atom stereocenters. The molecule has 0 bridgehead atoms. The van der Waals surface area contributed by atoms with E-state index in [1.807, 2.05) is 60.1 Å². The number of benzene rings is 2. The minimum atomic E-state index is -1.02. The molecule has 0 saturated carbocycles. The molecular weight excluding hydrogens is 438 g/mol. The maximum atomic E-state index is 10.6. The number of fused-ring (bicyclic) bond motifs is 1. The Bertz CT molecular complexity index is 1340. The smallest absolute Gasteiger partial charge is 0.159 e. The summed E-state index contributed by atoms with van der Waals surface area (Å²) < 4.78 is 1.08. The Labute approximate surface area is 193 Å². The minimum Gasteiger partial charge on any atom is -0.394 e. The standard InChI is InChI=1S/C23H21N7O2S/c31-11-19(32)22(14-4-2-1-3-5-14)29-18-9-21(24-10-16(18)23-25-12-27-30-23)28-15-6-7-17-20(8-15)33-13-26-17/h1-10,12-13,19,22,31-32H,11H2,(H2,24,28,29)(H,25,27,30)/t19-,22+/m1/s1. The van der Waals surface area contributed by atoms with E-state index in [1.165, 1.54) is 6.33 Å². The molecule has 3 aromatic heterocycles. The lowest BCUT2D eigenvalue weighted by atomic mass is 10.0. The molecule has 0 radical (unpaired) electrons. The van der Waals surface area contributed by atoms with E-state index in [2.05, 4.69) is 35.8 Å². The van der Waals surface area contributed by atoms with Crippen molar-refractivity contribution in [2.75, 3.05) is 17.2 Å². The predicted octanol–water partition coefficient (Wildman–Crippen LogP) is 3.73. The number of aliphatic hydroxyl groups is 2. The third-order valence-electron chi connectivity index (χ3n) is 5.22. The van der Waals surface area contributed by atoms with Crippen molar-refractivity contribution in [1.29, 1.82) is 0 Å². The molecule has 9 nitrogen and oxygen atoms in total. The lowest BCUT2D eigenvalue weighted by molar-refractivity contribution is 0.0795. The number of anilines is 3. The van der Waals surface area contributed by atoms with Gasteiger partial charge in [0.25, 0.3) is 0 Å². The van der Waals surface area contributed by atoms with E-state index >= 15 is 0 Å². The number of H-pyrrole nitrogens is 1. The van der Waals surface area contributed by atoms with Crippen molar-refractivity contribution < 1.29 is 10.2 Å². The number of nitrogens with one attached hydrogen (secondary N) is 3. The molecule has 0 aliphatic heterocycles. The molecule has 0 saturated heterocycles. The van der Waals surface area contributed by atoms with Gasteiger partial charge in [-0.25, -0.2) is 15.0 Å². The number of hydrogen-bond donors (Lipinski definition) is 5. The second-order valence-corrected chi connectivity index (χ2v) is 8.28. The lowest BCUT2D eigenvalue weighted by Gasteiger charge is -2.25. The second kappa shape index (κ2) is 9.33. The van der Waals surface area contributed by atoms with Gasteiger partial charge >= 0.3 is 0 Å². The Morgan fingerprint density at radius 2 is 1.91 bits per heavy atom. The molecule has 0 aliphatic carbocycles. The topological polar surface area (TPSA) is 132 Å². The van der Waals surface area contributed by atoms with Gasteiger partial charge in [-0.05, 0) is 23.8 Å². The zero-order valence-corrected chi connectivity index (χ0v) is 18.2. The van der Waals surface area contributed by atoms with Crippen LogP contribution in [0.25, 0.3) is 21.6 Å². The van der Waals surface area contributed by atoms with Gasteiger partial charge in [0.1, 0.15) is 18.2 Å². The Balaban J connectivity index is 1.51. The largest absolute Gasteiger partial charge is 0.394 e. The molecule has 10 heteroatoms. The van der Waals surface area contributed by atoms with Gasteiger partial charge < -0.3 is 20.8 Å². The fourth-order valence-electron chi connectivity index (χ4n) is 3.58. The highest BCUT2D eigenvalue weighted by molar-refractivity contribution is 7.16. The van der Waals surface area contributed by atoms with Gasteiger partial charge in [-0.15, -0.1) is 11.3 Å². The quantitative estimate of drug-likeness (QED) is 0.237. The van der Waals surface area contributed by atoms with Gasteiger partial charge in [-0.3, -0.25) is 5.10 Å². The number of rotatable bonds is 8. The van der Waals surface area contributed by atoms with E-state index in [4.69, 9.17) is 0 Å².